The third-order valence-corrected chi connectivity index (χ3v) is 4.62. The highest BCUT2D eigenvalue weighted by molar-refractivity contribution is 6.06. The summed E-state index contributed by atoms with van der Waals surface area (Å²) in [6.45, 7) is 5.69. The molecule has 0 saturated carbocycles. The summed E-state index contributed by atoms with van der Waals surface area (Å²) in [4.78, 5) is 38.7. The molecule has 0 spiro atoms. The van der Waals surface area contributed by atoms with Crippen LogP contribution in [0.25, 0.3) is 11.0 Å². The standard InChI is InChI=1S/C22H18N2O5/c1-3-10-24-17-9-8-15(12-19(17)28-13(2)21(24)26)23-20(25)16-11-14-6-4-5-7-18(14)29-22(16)27/h3-9,11-13H,1,10H2,2H3,(H,23,25). The van der Waals surface area contributed by atoms with Crippen LogP contribution in [-0.2, 0) is 4.79 Å². The van der Waals surface area contributed by atoms with Crippen molar-refractivity contribution in [2.24, 2.45) is 0 Å². The molecule has 1 N–H and O–H groups in total. The summed E-state index contributed by atoms with van der Waals surface area (Å²) in [7, 11) is 0. The molecular formula is C22H18N2O5. The van der Waals surface area contributed by atoms with Crippen molar-refractivity contribution in [1.29, 1.82) is 0 Å². The second-order valence-corrected chi connectivity index (χ2v) is 6.62. The van der Waals surface area contributed by atoms with E-state index in [4.69, 9.17) is 9.15 Å². The normalized spacial score (nSPS) is 15.6. The third-order valence-electron chi connectivity index (χ3n) is 4.62. The molecule has 0 bridgehead atoms. The summed E-state index contributed by atoms with van der Waals surface area (Å²) in [5.74, 6) is -0.294. The van der Waals surface area contributed by atoms with Crippen LogP contribution in [0.3, 0.4) is 0 Å². The van der Waals surface area contributed by atoms with E-state index >= 15 is 0 Å². The number of carbonyl (C=O) groups excluding carboxylic acids is 2. The van der Waals surface area contributed by atoms with E-state index in [0.29, 0.717) is 34.6 Å². The fraction of sp³-hybridized carbons (Fsp3) is 0.136. The Morgan fingerprint density at radius 2 is 2.00 bits per heavy atom. The number of ether oxygens (including phenoxy) is 1. The topological polar surface area (TPSA) is 88.8 Å². The van der Waals surface area contributed by atoms with Gasteiger partial charge in [0.05, 0.1) is 5.69 Å². The molecule has 0 aliphatic carbocycles. The molecule has 0 fully saturated rings. The van der Waals surface area contributed by atoms with Gasteiger partial charge in [-0.1, -0.05) is 24.3 Å². The zero-order chi connectivity index (χ0) is 20.5. The van der Waals surface area contributed by atoms with E-state index < -0.39 is 17.6 Å². The Balaban J connectivity index is 1.64. The molecule has 7 nitrogen and oxygen atoms in total. The molecule has 4 rings (SSSR count). The zero-order valence-corrected chi connectivity index (χ0v) is 15.7. The summed E-state index contributed by atoms with van der Waals surface area (Å²) < 4.78 is 10.9. The Labute approximate surface area is 166 Å². The molecule has 2 heterocycles. The highest BCUT2D eigenvalue weighted by Crippen LogP contribution is 2.36. The fourth-order valence-electron chi connectivity index (χ4n) is 3.22. The lowest BCUT2D eigenvalue weighted by molar-refractivity contribution is -0.125. The molecule has 1 unspecified atom stereocenters. The first-order chi connectivity index (χ1) is 14.0. The first-order valence-corrected chi connectivity index (χ1v) is 9.05. The smallest absolute Gasteiger partial charge is 0.349 e. The van der Waals surface area contributed by atoms with Crippen LogP contribution in [-0.4, -0.2) is 24.5 Å². The minimum absolute atomic E-state index is 0.0980. The third kappa shape index (κ3) is 3.38. The van der Waals surface area contributed by atoms with E-state index in [9.17, 15) is 14.4 Å². The van der Waals surface area contributed by atoms with E-state index in [1.165, 1.54) is 6.07 Å². The van der Waals surface area contributed by atoms with E-state index in [-0.39, 0.29) is 11.5 Å². The molecule has 7 heteroatoms. The number of carbonyl (C=O) groups is 2. The van der Waals surface area contributed by atoms with Gasteiger partial charge in [0.2, 0.25) is 0 Å². The largest absolute Gasteiger partial charge is 0.479 e. The summed E-state index contributed by atoms with van der Waals surface area (Å²) in [5, 5.41) is 3.34. The van der Waals surface area contributed by atoms with Gasteiger partial charge < -0.3 is 19.4 Å². The van der Waals surface area contributed by atoms with Crippen LogP contribution in [0.1, 0.15) is 17.3 Å². The van der Waals surface area contributed by atoms with Crippen LogP contribution in [0.15, 0.2) is 70.4 Å². The second kappa shape index (κ2) is 7.27. The average Bonchev–Trinajstić information content (AvgIpc) is 2.70. The van der Waals surface area contributed by atoms with Crippen LogP contribution < -0.4 is 20.6 Å². The van der Waals surface area contributed by atoms with Crippen molar-refractivity contribution >= 4 is 34.2 Å². The van der Waals surface area contributed by atoms with E-state index in [2.05, 4.69) is 11.9 Å². The van der Waals surface area contributed by atoms with Crippen LogP contribution in [0.2, 0.25) is 0 Å². The maximum atomic E-state index is 12.6. The van der Waals surface area contributed by atoms with E-state index in [1.807, 2.05) is 0 Å². The van der Waals surface area contributed by atoms with Gasteiger partial charge in [-0.2, -0.15) is 0 Å². The Bertz CT molecular complexity index is 1200. The fourth-order valence-corrected chi connectivity index (χ4v) is 3.22. The minimum atomic E-state index is -0.716. The molecular weight excluding hydrogens is 372 g/mol. The number of amides is 2. The number of hydrogen-bond donors (Lipinski definition) is 1. The lowest BCUT2D eigenvalue weighted by Gasteiger charge is -2.32. The van der Waals surface area contributed by atoms with Gasteiger partial charge in [0, 0.05) is 23.7 Å². The van der Waals surface area contributed by atoms with Gasteiger partial charge in [-0.15, -0.1) is 6.58 Å². The number of fused-ring (bicyclic) bond motifs is 2. The van der Waals surface area contributed by atoms with Crippen molar-refractivity contribution in [1.82, 2.24) is 0 Å². The first kappa shape index (κ1) is 18.5. The summed E-state index contributed by atoms with van der Waals surface area (Å²) in [6.07, 6.45) is 0.981. The van der Waals surface area contributed by atoms with Gasteiger partial charge in [0.15, 0.2) is 6.10 Å². The molecule has 1 aliphatic rings. The predicted molar refractivity (Wildman–Crippen MR) is 110 cm³/mol. The van der Waals surface area contributed by atoms with Crippen LogP contribution in [0.5, 0.6) is 5.75 Å². The molecule has 2 aromatic carbocycles. The van der Waals surface area contributed by atoms with Crippen molar-refractivity contribution in [3.63, 3.8) is 0 Å². The van der Waals surface area contributed by atoms with Crippen LogP contribution in [0, 0.1) is 0 Å². The minimum Gasteiger partial charge on any atom is -0.479 e. The Morgan fingerprint density at radius 1 is 1.21 bits per heavy atom. The number of hydrogen-bond acceptors (Lipinski definition) is 5. The van der Waals surface area contributed by atoms with Crippen molar-refractivity contribution in [3.05, 3.63) is 77.2 Å². The average molecular weight is 390 g/mol. The van der Waals surface area contributed by atoms with Crippen molar-refractivity contribution in [2.45, 2.75) is 13.0 Å². The predicted octanol–water partition coefficient (Wildman–Crippen LogP) is 3.35. The molecule has 0 saturated heterocycles. The van der Waals surface area contributed by atoms with Gasteiger partial charge in [0.25, 0.3) is 11.8 Å². The number of nitrogens with one attached hydrogen (secondary N) is 1. The van der Waals surface area contributed by atoms with Gasteiger partial charge >= 0.3 is 5.63 Å². The first-order valence-electron chi connectivity index (χ1n) is 9.05. The number of benzene rings is 2. The van der Waals surface area contributed by atoms with Crippen molar-refractivity contribution in [3.8, 4) is 5.75 Å². The van der Waals surface area contributed by atoms with E-state index in [0.717, 1.165) is 0 Å². The molecule has 1 aliphatic heterocycles. The molecule has 2 amide bonds. The number of para-hydroxylation sites is 1. The Hall–Kier alpha value is -3.87. The highest BCUT2D eigenvalue weighted by atomic mass is 16.5. The molecule has 1 aromatic heterocycles. The quantitative estimate of drug-likeness (QED) is 0.545. The van der Waals surface area contributed by atoms with Crippen LogP contribution in [0.4, 0.5) is 11.4 Å². The molecule has 29 heavy (non-hydrogen) atoms. The lowest BCUT2D eigenvalue weighted by Crippen LogP contribution is -2.44. The Kier molecular flexibility index (Phi) is 4.64. The van der Waals surface area contributed by atoms with Gasteiger partial charge in [-0.3, -0.25) is 9.59 Å². The molecule has 0 radical (unpaired) electrons. The van der Waals surface area contributed by atoms with Crippen LogP contribution >= 0.6 is 0 Å². The summed E-state index contributed by atoms with van der Waals surface area (Å²) in [6, 6.07) is 13.4. The zero-order valence-electron chi connectivity index (χ0n) is 15.7. The van der Waals surface area contributed by atoms with Crippen molar-refractivity contribution < 1.29 is 18.7 Å². The number of nitrogens with zero attached hydrogens (tertiary/aromatic N) is 1. The maximum absolute atomic E-state index is 12.6. The van der Waals surface area contributed by atoms with Gasteiger partial charge in [0.1, 0.15) is 16.9 Å². The molecule has 146 valence electrons. The molecule has 3 aromatic rings. The second-order valence-electron chi connectivity index (χ2n) is 6.62. The molecule has 1 atom stereocenters. The van der Waals surface area contributed by atoms with Gasteiger partial charge in [-0.05, 0) is 31.2 Å². The SMILES string of the molecule is C=CCN1C(=O)C(C)Oc2cc(NC(=O)c3cc4ccccc4oc3=O)ccc21. The van der Waals surface area contributed by atoms with Crippen molar-refractivity contribution in [2.75, 3.05) is 16.8 Å². The monoisotopic (exact) mass is 390 g/mol. The highest BCUT2D eigenvalue weighted by Gasteiger charge is 2.31. The van der Waals surface area contributed by atoms with Gasteiger partial charge in [-0.25, -0.2) is 4.79 Å². The lowest BCUT2D eigenvalue weighted by atomic mass is 10.1. The maximum Gasteiger partial charge on any atom is 0.349 e. The number of anilines is 2. The summed E-state index contributed by atoms with van der Waals surface area (Å²) in [5.41, 5.74) is 0.626. The summed E-state index contributed by atoms with van der Waals surface area (Å²) >= 11 is 0. The van der Waals surface area contributed by atoms with E-state index in [1.54, 1.807) is 60.4 Å². The number of rotatable bonds is 4. The Morgan fingerprint density at radius 3 is 2.79 bits per heavy atom.